The van der Waals surface area contributed by atoms with Gasteiger partial charge in [-0.3, -0.25) is 0 Å². The van der Waals surface area contributed by atoms with E-state index in [0.29, 0.717) is 0 Å². The molecule has 0 atom stereocenters. The maximum Gasteiger partial charge on any atom is 0.191 e. The van der Waals surface area contributed by atoms with Gasteiger partial charge in [-0.25, -0.2) is 8.42 Å². The Hall–Kier alpha value is -1.34. The number of hydrogen-bond donors (Lipinski definition) is 0. The number of nitriles is 1. The molecule has 0 amide bonds. The van der Waals surface area contributed by atoms with E-state index in [1.807, 2.05) is 6.07 Å². The van der Waals surface area contributed by atoms with Crippen LogP contribution in [-0.2, 0) is 22.7 Å². The largest absolute Gasteiger partial charge is 0.223 e. The third-order valence-corrected chi connectivity index (χ3v) is 4.16. The van der Waals surface area contributed by atoms with Gasteiger partial charge in [0.05, 0.1) is 11.0 Å². The van der Waals surface area contributed by atoms with Crippen LogP contribution in [0, 0.1) is 11.3 Å². The van der Waals surface area contributed by atoms with Gasteiger partial charge in [0.2, 0.25) is 0 Å². The number of sulfone groups is 1. The van der Waals surface area contributed by atoms with Crippen LogP contribution >= 0.6 is 0 Å². The van der Waals surface area contributed by atoms with Crippen molar-refractivity contribution >= 4 is 9.84 Å². The molecule has 78 valence electrons. The predicted octanol–water partition coefficient (Wildman–Crippen LogP) is 1.47. The van der Waals surface area contributed by atoms with Crippen LogP contribution in [0.5, 0.6) is 0 Å². The predicted molar refractivity (Wildman–Crippen MR) is 56.1 cm³/mol. The lowest BCUT2D eigenvalue weighted by Crippen LogP contribution is -2.05. The molecule has 0 saturated carbocycles. The van der Waals surface area contributed by atoms with E-state index in [9.17, 15) is 8.42 Å². The second-order valence-electron chi connectivity index (χ2n) is 3.70. The second kappa shape index (κ2) is 3.67. The average Bonchev–Trinajstić information content (AvgIpc) is 2.63. The lowest BCUT2D eigenvalue weighted by molar-refractivity contribution is 0.599. The zero-order chi connectivity index (χ0) is 10.9. The van der Waals surface area contributed by atoms with Crippen molar-refractivity contribution in [3.05, 3.63) is 29.3 Å². The number of aryl methyl sites for hydroxylation is 2. The van der Waals surface area contributed by atoms with E-state index in [1.54, 1.807) is 18.2 Å². The van der Waals surface area contributed by atoms with Crippen LogP contribution in [-0.4, -0.2) is 14.2 Å². The fraction of sp³-hybridized carbons (Fsp3) is 0.364. The minimum atomic E-state index is -3.39. The smallest absolute Gasteiger partial charge is 0.191 e. The van der Waals surface area contributed by atoms with Crippen molar-refractivity contribution in [3.63, 3.8) is 0 Å². The molecule has 15 heavy (non-hydrogen) atoms. The van der Waals surface area contributed by atoms with E-state index >= 15 is 0 Å². The molecule has 0 radical (unpaired) electrons. The summed E-state index contributed by atoms with van der Waals surface area (Å²) in [7, 11) is -3.39. The summed E-state index contributed by atoms with van der Waals surface area (Å²) in [5.41, 5.74) is 2.36. The lowest BCUT2D eigenvalue weighted by Gasteiger charge is -2.03. The van der Waals surface area contributed by atoms with Gasteiger partial charge in [-0.2, -0.15) is 5.26 Å². The summed E-state index contributed by atoms with van der Waals surface area (Å²) in [4.78, 5) is 0.282. The molecule has 4 heteroatoms. The SMILES string of the molecule is N#CCS(=O)(=O)c1ccc2c(c1)CCC2. The summed E-state index contributed by atoms with van der Waals surface area (Å²) in [5.74, 6) is -0.439. The van der Waals surface area contributed by atoms with E-state index in [-0.39, 0.29) is 4.90 Å². The quantitative estimate of drug-likeness (QED) is 0.760. The highest BCUT2D eigenvalue weighted by atomic mass is 32.2. The fourth-order valence-electron chi connectivity index (χ4n) is 1.91. The molecule has 0 spiro atoms. The Kier molecular flexibility index (Phi) is 2.49. The molecule has 0 saturated heterocycles. The van der Waals surface area contributed by atoms with Gasteiger partial charge in [0, 0.05) is 0 Å². The van der Waals surface area contributed by atoms with E-state index in [0.717, 1.165) is 24.8 Å². The van der Waals surface area contributed by atoms with E-state index < -0.39 is 15.6 Å². The van der Waals surface area contributed by atoms with Crippen molar-refractivity contribution in [1.82, 2.24) is 0 Å². The lowest BCUT2D eigenvalue weighted by atomic mass is 10.1. The van der Waals surface area contributed by atoms with Crippen molar-refractivity contribution in [2.75, 3.05) is 5.75 Å². The van der Waals surface area contributed by atoms with Gasteiger partial charge in [-0.1, -0.05) is 6.07 Å². The van der Waals surface area contributed by atoms with Gasteiger partial charge in [0.1, 0.15) is 5.75 Å². The van der Waals surface area contributed by atoms with Crippen molar-refractivity contribution in [2.24, 2.45) is 0 Å². The Labute approximate surface area is 89.3 Å². The summed E-state index contributed by atoms with van der Waals surface area (Å²) in [6.45, 7) is 0. The molecule has 0 aromatic heterocycles. The second-order valence-corrected chi connectivity index (χ2v) is 5.69. The molecular formula is C11H11NO2S. The molecule has 0 unspecified atom stereocenters. The number of fused-ring (bicyclic) bond motifs is 1. The summed E-state index contributed by atoms with van der Waals surface area (Å²) in [6.07, 6.45) is 3.08. The first-order valence-electron chi connectivity index (χ1n) is 4.85. The van der Waals surface area contributed by atoms with Crippen molar-refractivity contribution in [2.45, 2.75) is 24.2 Å². The van der Waals surface area contributed by atoms with E-state index in [4.69, 9.17) is 5.26 Å². The minimum absolute atomic E-state index is 0.282. The molecule has 0 N–H and O–H groups in total. The Morgan fingerprint density at radius 3 is 2.73 bits per heavy atom. The summed E-state index contributed by atoms with van der Waals surface area (Å²) < 4.78 is 23.2. The van der Waals surface area contributed by atoms with Crippen molar-refractivity contribution < 1.29 is 8.42 Å². The van der Waals surface area contributed by atoms with Crippen LogP contribution < -0.4 is 0 Å². The number of nitrogens with zero attached hydrogens (tertiary/aromatic N) is 1. The monoisotopic (exact) mass is 221 g/mol. The van der Waals surface area contributed by atoms with Gasteiger partial charge < -0.3 is 0 Å². The maximum atomic E-state index is 11.6. The van der Waals surface area contributed by atoms with Crippen LogP contribution in [0.15, 0.2) is 23.1 Å². The Bertz CT molecular complexity index is 526. The Morgan fingerprint density at radius 2 is 2.00 bits per heavy atom. The van der Waals surface area contributed by atoms with Gasteiger partial charge in [0.25, 0.3) is 0 Å². The normalized spacial score (nSPS) is 14.6. The highest BCUT2D eigenvalue weighted by Crippen LogP contribution is 2.24. The molecule has 0 aliphatic heterocycles. The van der Waals surface area contributed by atoms with Crippen LogP contribution in [0.25, 0.3) is 0 Å². The van der Waals surface area contributed by atoms with E-state index in [1.165, 1.54) is 5.56 Å². The van der Waals surface area contributed by atoms with E-state index in [2.05, 4.69) is 0 Å². The van der Waals surface area contributed by atoms with Gasteiger partial charge in [0.15, 0.2) is 9.84 Å². The first-order valence-corrected chi connectivity index (χ1v) is 6.50. The summed E-state index contributed by atoms with van der Waals surface area (Å²) in [6, 6.07) is 6.88. The summed E-state index contributed by atoms with van der Waals surface area (Å²) in [5, 5.41) is 8.43. The van der Waals surface area contributed by atoms with Crippen LogP contribution in [0.3, 0.4) is 0 Å². The molecule has 3 nitrogen and oxygen atoms in total. The number of rotatable bonds is 2. The minimum Gasteiger partial charge on any atom is -0.223 e. The fourth-order valence-corrected chi connectivity index (χ4v) is 2.84. The maximum absolute atomic E-state index is 11.6. The van der Waals surface area contributed by atoms with Crippen LogP contribution in [0.4, 0.5) is 0 Å². The van der Waals surface area contributed by atoms with Crippen LogP contribution in [0.2, 0.25) is 0 Å². The third kappa shape index (κ3) is 1.88. The zero-order valence-electron chi connectivity index (χ0n) is 8.23. The third-order valence-electron chi connectivity index (χ3n) is 2.68. The van der Waals surface area contributed by atoms with Crippen molar-refractivity contribution in [3.8, 4) is 6.07 Å². The highest BCUT2D eigenvalue weighted by Gasteiger charge is 2.17. The molecule has 0 heterocycles. The van der Waals surface area contributed by atoms with Gasteiger partial charge >= 0.3 is 0 Å². The molecule has 0 bridgehead atoms. The van der Waals surface area contributed by atoms with Gasteiger partial charge in [-0.05, 0) is 42.5 Å². The Balaban J connectivity index is 2.44. The standard InChI is InChI=1S/C11H11NO2S/c12-6-7-15(13,14)11-5-4-9-2-1-3-10(9)8-11/h4-5,8H,1-3,7H2. The molecule has 1 aromatic rings. The summed E-state index contributed by atoms with van der Waals surface area (Å²) >= 11 is 0. The molecule has 2 rings (SSSR count). The molecule has 1 aliphatic carbocycles. The Morgan fingerprint density at radius 1 is 1.27 bits per heavy atom. The van der Waals surface area contributed by atoms with Gasteiger partial charge in [-0.15, -0.1) is 0 Å². The topological polar surface area (TPSA) is 57.9 Å². The van der Waals surface area contributed by atoms with Crippen LogP contribution in [0.1, 0.15) is 17.5 Å². The zero-order valence-corrected chi connectivity index (χ0v) is 9.05. The number of hydrogen-bond acceptors (Lipinski definition) is 3. The molecule has 1 aromatic carbocycles. The van der Waals surface area contributed by atoms with Crippen molar-refractivity contribution in [1.29, 1.82) is 5.26 Å². The average molecular weight is 221 g/mol. The molecule has 0 fully saturated rings. The molecular weight excluding hydrogens is 210 g/mol. The molecule has 1 aliphatic rings. The first-order chi connectivity index (χ1) is 7.13. The highest BCUT2D eigenvalue weighted by molar-refractivity contribution is 7.91. The number of benzene rings is 1. The first kappa shape index (κ1) is 10.2.